The summed E-state index contributed by atoms with van der Waals surface area (Å²) in [4.78, 5) is 1.46. The van der Waals surface area contributed by atoms with E-state index < -0.39 is 0 Å². The number of rotatable bonds is 3. The van der Waals surface area contributed by atoms with Crippen molar-refractivity contribution in [3.05, 3.63) is 11.0 Å². The van der Waals surface area contributed by atoms with E-state index in [0.717, 1.165) is 0 Å². The van der Waals surface area contributed by atoms with Gasteiger partial charge in [0.15, 0.2) is 6.56 Å². The van der Waals surface area contributed by atoms with E-state index in [1.165, 1.54) is 4.91 Å². The molecule has 0 aromatic heterocycles. The van der Waals surface area contributed by atoms with Crippen molar-refractivity contribution < 1.29 is 0 Å². The maximum Gasteiger partial charge on any atom is 0.194 e. The normalized spacial score (nSPS) is 12.3. The molecule has 0 amide bonds. The van der Waals surface area contributed by atoms with E-state index in [0.29, 0.717) is 5.92 Å². The Hall–Kier alpha value is 0.155. The predicted molar refractivity (Wildman–Crippen MR) is 47.8 cm³/mol. The molecule has 0 nitrogen and oxygen atoms in total. The van der Waals surface area contributed by atoms with Gasteiger partial charge in [-0.2, -0.15) is 11.6 Å². The van der Waals surface area contributed by atoms with Gasteiger partial charge in [-0.05, 0) is 17.7 Å². The molecule has 0 aliphatic heterocycles. The van der Waals surface area contributed by atoms with Crippen LogP contribution < -0.4 is 0 Å². The second kappa shape index (κ2) is 4.98. The van der Waals surface area contributed by atoms with Gasteiger partial charge in [0.25, 0.3) is 0 Å². The van der Waals surface area contributed by atoms with Crippen molar-refractivity contribution in [2.45, 2.75) is 27.6 Å². The summed E-state index contributed by atoms with van der Waals surface area (Å²) in [6.45, 7) is 10.7. The van der Waals surface area contributed by atoms with E-state index in [2.05, 4.69) is 40.2 Å². The van der Waals surface area contributed by atoms with Crippen molar-refractivity contribution >= 4 is 18.2 Å². The van der Waals surface area contributed by atoms with Crippen LogP contribution in [0.15, 0.2) is 11.0 Å². The van der Waals surface area contributed by atoms with Crippen LogP contribution in [0.25, 0.3) is 0 Å². The van der Waals surface area contributed by atoms with E-state index in [4.69, 9.17) is 0 Å². The van der Waals surface area contributed by atoms with Gasteiger partial charge in [0.2, 0.25) is 0 Å². The van der Waals surface area contributed by atoms with Crippen molar-refractivity contribution in [3.63, 3.8) is 0 Å². The smallest absolute Gasteiger partial charge is 0.189 e. The van der Waals surface area contributed by atoms with Gasteiger partial charge in [-0.3, -0.25) is 0 Å². The second-order valence-electron chi connectivity index (χ2n) is 2.20. The van der Waals surface area contributed by atoms with Crippen LogP contribution in [0.3, 0.4) is 0 Å². The fourth-order valence-corrected chi connectivity index (χ4v) is 1.35. The first-order chi connectivity index (χ1) is 4.22. The molecule has 0 bridgehead atoms. The zero-order valence-electron chi connectivity index (χ0n) is 6.64. The summed E-state index contributed by atoms with van der Waals surface area (Å²) in [6.07, 6.45) is 2.18. The van der Waals surface area contributed by atoms with Gasteiger partial charge in [0, 0.05) is 0 Å². The van der Waals surface area contributed by atoms with Gasteiger partial charge < -0.3 is 0 Å². The van der Waals surface area contributed by atoms with Crippen LogP contribution >= 0.6 is 11.6 Å². The zero-order chi connectivity index (χ0) is 7.28. The van der Waals surface area contributed by atoms with E-state index in [1.54, 1.807) is 0 Å². The van der Waals surface area contributed by atoms with Crippen LogP contribution in [-0.2, 0) is 0 Å². The molecular formula is C7H14BS. The SMILES string of the molecule is C[B]S/C(=C\C)C(C)C. The summed E-state index contributed by atoms with van der Waals surface area (Å²) in [5.74, 6) is 0.677. The van der Waals surface area contributed by atoms with Crippen molar-refractivity contribution in [2.24, 2.45) is 5.92 Å². The molecule has 0 aliphatic rings. The van der Waals surface area contributed by atoms with Gasteiger partial charge in [-0.1, -0.05) is 26.7 Å². The third-order valence-corrected chi connectivity index (χ3v) is 2.32. The molecule has 2 heteroatoms. The molecule has 0 spiro atoms. The molecule has 0 saturated heterocycles. The van der Waals surface area contributed by atoms with Gasteiger partial charge >= 0.3 is 0 Å². The molecule has 0 aromatic carbocycles. The highest BCUT2D eigenvalue weighted by molar-refractivity contribution is 8.25. The molecule has 0 fully saturated rings. The second-order valence-corrected chi connectivity index (χ2v) is 3.38. The lowest BCUT2D eigenvalue weighted by molar-refractivity contribution is 0.816. The topological polar surface area (TPSA) is 0 Å². The first kappa shape index (κ1) is 9.15. The predicted octanol–water partition coefficient (Wildman–Crippen LogP) is 2.95. The molecule has 51 valence electrons. The van der Waals surface area contributed by atoms with Crippen molar-refractivity contribution in [1.82, 2.24) is 0 Å². The molecule has 0 unspecified atom stereocenters. The Kier molecular flexibility index (Phi) is 5.07. The average Bonchev–Trinajstić information content (AvgIpc) is 1.82. The van der Waals surface area contributed by atoms with Gasteiger partial charge in [0.1, 0.15) is 0 Å². The minimum Gasteiger partial charge on any atom is -0.189 e. The fourth-order valence-electron chi connectivity index (χ4n) is 0.674. The molecule has 1 radical (unpaired) electrons. The lowest BCUT2D eigenvalue weighted by atomic mass is 10.2. The highest BCUT2D eigenvalue weighted by Crippen LogP contribution is 2.21. The van der Waals surface area contributed by atoms with Gasteiger partial charge in [0.05, 0.1) is 0 Å². The van der Waals surface area contributed by atoms with Crippen molar-refractivity contribution in [3.8, 4) is 0 Å². The standard InChI is InChI=1S/C7H14BS/c1-5-7(6(2)3)9-8-4/h5-6H,1-4H3/b7-5-. The number of hydrogen-bond donors (Lipinski definition) is 0. The Labute approximate surface area is 63.2 Å². The van der Waals surface area contributed by atoms with E-state index in [9.17, 15) is 0 Å². The molecular weight excluding hydrogens is 127 g/mol. The molecule has 0 N–H and O–H groups in total. The molecule has 0 atom stereocenters. The third-order valence-electron chi connectivity index (χ3n) is 1.11. The van der Waals surface area contributed by atoms with Crippen LogP contribution in [0.4, 0.5) is 0 Å². The zero-order valence-corrected chi connectivity index (χ0v) is 7.46. The van der Waals surface area contributed by atoms with Gasteiger partial charge in [-0.25, -0.2) is 0 Å². The first-order valence-electron chi connectivity index (χ1n) is 3.33. The summed E-state index contributed by atoms with van der Waals surface area (Å²) in [6, 6.07) is 0. The Balaban J connectivity index is 3.70. The van der Waals surface area contributed by atoms with Crippen molar-refractivity contribution in [2.75, 3.05) is 0 Å². The highest BCUT2D eigenvalue weighted by atomic mass is 32.2. The largest absolute Gasteiger partial charge is 0.194 e. The molecule has 0 saturated carbocycles. The maximum atomic E-state index is 2.21. The minimum absolute atomic E-state index is 0.677. The Morgan fingerprint density at radius 3 is 2.22 bits per heavy atom. The fraction of sp³-hybridized carbons (Fsp3) is 0.714. The summed E-state index contributed by atoms with van der Waals surface area (Å²) < 4.78 is 0. The van der Waals surface area contributed by atoms with Crippen LogP contribution in [0.1, 0.15) is 20.8 Å². The lowest BCUT2D eigenvalue weighted by Crippen LogP contribution is -1.89. The Morgan fingerprint density at radius 2 is 2.11 bits per heavy atom. The number of allylic oxidation sites excluding steroid dienone is 2. The Morgan fingerprint density at radius 1 is 1.56 bits per heavy atom. The van der Waals surface area contributed by atoms with E-state index in [-0.39, 0.29) is 0 Å². The third kappa shape index (κ3) is 3.69. The van der Waals surface area contributed by atoms with Crippen LogP contribution in [-0.4, -0.2) is 6.56 Å². The van der Waals surface area contributed by atoms with Crippen LogP contribution in [0.5, 0.6) is 0 Å². The highest BCUT2D eigenvalue weighted by Gasteiger charge is 1.99. The number of hydrogen-bond acceptors (Lipinski definition) is 1. The summed E-state index contributed by atoms with van der Waals surface area (Å²) in [5, 5.41) is 0. The van der Waals surface area contributed by atoms with Gasteiger partial charge in [-0.15, -0.1) is 0 Å². The molecule has 0 rings (SSSR count). The van der Waals surface area contributed by atoms with Crippen molar-refractivity contribution in [1.29, 1.82) is 0 Å². The lowest BCUT2D eigenvalue weighted by Gasteiger charge is -2.07. The first-order valence-corrected chi connectivity index (χ1v) is 4.21. The average molecular weight is 141 g/mol. The summed E-state index contributed by atoms with van der Waals surface area (Å²) >= 11 is 1.82. The van der Waals surface area contributed by atoms with Crippen LogP contribution in [0, 0.1) is 5.92 Å². The quantitative estimate of drug-likeness (QED) is 0.544. The summed E-state index contributed by atoms with van der Waals surface area (Å²) in [7, 11) is 0. The summed E-state index contributed by atoms with van der Waals surface area (Å²) in [5.41, 5.74) is 0. The minimum atomic E-state index is 0.677. The molecule has 0 heterocycles. The van der Waals surface area contributed by atoms with E-state index >= 15 is 0 Å². The Bertz CT molecular complexity index is 97.1. The molecule has 0 aliphatic carbocycles. The molecule has 0 aromatic rings. The molecule has 9 heavy (non-hydrogen) atoms. The van der Waals surface area contributed by atoms with E-state index in [1.807, 2.05) is 11.6 Å². The monoisotopic (exact) mass is 141 g/mol. The van der Waals surface area contributed by atoms with Crippen LogP contribution in [0.2, 0.25) is 6.82 Å². The maximum absolute atomic E-state index is 2.21.